The Balaban J connectivity index is 2.01. The standard InChI is InChI=1S/C17H18O2/c1-12-4-3-5-16-15(12)10-11-19-17(16)13-6-8-14(18-2)9-7-13/h3-9,17H,10-11H2,1-2H3. The number of fused-ring (bicyclic) bond motifs is 1. The fourth-order valence-electron chi connectivity index (χ4n) is 2.74. The second-order valence-electron chi connectivity index (χ2n) is 4.92. The summed E-state index contributed by atoms with van der Waals surface area (Å²) >= 11 is 0. The Kier molecular flexibility index (Phi) is 3.26. The maximum Gasteiger partial charge on any atom is 0.118 e. The van der Waals surface area contributed by atoms with Gasteiger partial charge in [0.1, 0.15) is 11.9 Å². The van der Waals surface area contributed by atoms with Gasteiger partial charge < -0.3 is 9.47 Å². The molecule has 2 aromatic carbocycles. The van der Waals surface area contributed by atoms with E-state index >= 15 is 0 Å². The molecule has 3 rings (SSSR count). The highest BCUT2D eigenvalue weighted by molar-refractivity contribution is 5.42. The van der Waals surface area contributed by atoms with E-state index in [9.17, 15) is 0 Å². The van der Waals surface area contributed by atoms with Crippen LogP contribution >= 0.6 is 0 Å². The number of ether oxygens (including phenoxy) is 2. The molecule has 0 saturated carbocycles. The first kappa shape index (κ1) is 12.2. The molecule has 1 aliphatic heterocycles. The van der Waals surface area contributed by atoms with Crippen molar-refractivity contribution in [3.8, 4) is 5.75 Å². The molecule has 2 nitrogen and oxygen atoms in total. The van der Waals surface area contributed by atoms with Crippen LogP contribution < -0.4 is 4.74 Å². The van der Waals surface area contributed by atoms with Gasteiger partial charge in [-0.3, -0.25) is 0 Å². The number of rotatable bonds is 2. The molecule has 0 saturated heterocycles. The number of hydrogen-bond acceptors (Lipinski definition) is 2. The molecule has 0 fully saturated rings. The van der Waals surface area contributed by atoms with Gasteiger partial charge in [-0.05, 0) is 47.7 Å². The van der Waals surface area contributed by atoms with Crippen molar-refractivity contribution in [1.82, 2.24) is 0 Å². The highest BCUT2D eigenvalue weighted by atomic mass is 16.5. The molecule has 0 aromatic heterocycles. The van der Waals surface area contributed by atoms with E-state index in [0.29, 0.717) is 0 Å². The average Bonchev–Trinajstić information content (AvgIpc) is 2.47. The molecule has 1 aliphatic rings. The SMILES string of the molecule is COc1ccc(C2OCCc3c(C)cccc32)cc1. The average molecular weight is 254 g/mol. The Morgan fingerprint density at radius 2 is 1.89 bits per heavy atom. The molecule has 0 N–H and O–H groups in total. The van der Waals surface area contributed by atoms with Crippen molar-refractivity contribution in [2.75, 3.05) is 13.7 Å². The third kappa shape index (κ3) is 2.24. The minimum atomic E-state index is 0.0505. The Labute approximate surface area is 114 Å². The molecule has 0 spiro atoms. The summed E-state index contributed by atoms with van der Waals surface area (Å²) in [6.07, 6.45) is 1.06. The lowest BCUT2D eigenvalue weighted by Crippen LogP contribution is -2.18. The van der Waals surface area contributed by atoms with E-state index in [2.05, 4.69) is 37.3 Å². The van der Waals surface area contributed by atoms with Crippen molar-refractivity contribution < 1.29 is 9.47 Å². The molecule has 1 heterocycles. The summed E-state index contributed by atoms with van der Waals surface area (Å²) in [5.41, 5.74) is 5.29. The normalized spacial score (nSPS) is 17.9. The Hall–Kier alpha value is -1.80. The van der Waals surface area contributed by atoms with Crippen LogP contribution in [0.2, 0.25) is 0 Å². The summed E-state index contributed by atoms with van der Waals surface area (Å²) in [5, 5.41) is 0. The molecule has 1 unspecified atom stereocenters. The molecule has 1 atom stereocenters. The van der Waals surface area contributed by atoms with Crippen LogP contribution in [0.4, 0.5) is 0 Å². The quantitative estimate of drug-likeness (QED) is 0.814. The summed E-state index contributed by atoms with van der Waals surface area (Å²) in [6.45, 7) is 2.96. The number of hydrogen-bond donors (Lipinski definition) is 0. The van der Waals surface area contributed by atoms with E-state index < -0.39 is 0 Å². The van der Waals surface area contributed by atoms with Crippen molar-refractivity contribution in [3.63, 3.8) is 0 Å². The highest BCUT2D eigenvalue weighted by Gasteiger charge is 2.23. The number of aryl methyl sites for hydroxylation is 1. The summed E-state index contributed by atoms with van der Waals surface area (Å²) < 4.78 is 11.2. The van der Waals surface area contributed by atoms with Crippen molar-refractivity contribution in [1.29, 1.82) is 0 Å². The van der Waals surface area contributed by atoms with Crippen LogP contribution in [0.5, 0.6) is 5.75 Å². The first-order chi connectivity index (χ1) is 9.29. The van der Waals surface area contributed by atoms with Crippen molar-refractivity contribution >= 4 is 0 Å². The zero-order valence-corrected chi connectivity index (χ0v) is 11.3. The van der Waals surface area contributed by atoms with Crippen LogP contribution in [0.25, 0.3) is 0 Å². The van der Waals surface area contributed by atoms with E-state index in [1.165, 1.54) is 22.3 Å². The van der Waals surface area contributed by atoms with Crippen LogP contribution in [-0.2, 0) is 11.2 Å². The third-order valence-electron chi connectivity index (χ3n) is 3.78. The van der Waals surface area contributed by atoms with Gasteiger partial charge in [-0.2, -0.15) is 0 Å². The van der Waals surface area contributed by atoms with Crippen LogP contribution in [0, 0.1) is 6.92 Å². The number of benzene rings is 2. The van der Waals surface area contributed by atoms with Crippen LogP contribution in [0.3, 0.4) is 0 Å². The summed E-state index contributed by atoms with van der Waals surface area (Å²) in [5.74, 6) is 0.879. The van der Waals surface area contributed by atoms with Gasteiger partial charge in [0.15, 0.2) is 0 Å². The van der Waals surface area contributed by atoms with E-state index in [0.717, 1.165) is 18.8 Å². The first-order valence-electron chi connectivity index (χ1n) is 6.63. The maximum absolute atomic E-state index is 5.98. The van der Waals surface area contributed by atoms with Crippen LogP contribution in [0.15, 0.2) is 42.5 Å². The van der Waals surface area contributed by atoms with Gasteiger partial charge in [0.2, 0.25) is 0 Å². The molecular weight excluding hydrogens is 236 g/mol. The lowest BCUT2D eigenvalue weighted by Gasteiger charge is -2.27. The predicted molar refractivity (Wildman–Crippen MR) is 75.7 cm³/mol. The van der Waals surface area contributed by atoms with Gasteiger partial charge in [0.05, 0.1) is 13.7 Å². The number of methoxy groups -OCH3 is 1. The lowest BCUT2D eigenvalue weighted by atomic mass is 9.90. The second kappa shape index (κ2) is 5.06. The summed E-state index contributed by atoms with van der Waals surface area (Å²) in [7, 11) is 1.69. The molecule has 98 valence electrons. The topological polar surface area (TPSA) is 18.5 Å². The van der Waals surface area contributed by atoms with E-state index in [-0.39, 0.29) is 6.10 Å². The molecule has 2 aromatic rings. The molecule has 19 heavy (non-hydrogen) atoms. The molecule has 0 radical (unpaired) electrons. The molecule has 0 amide bonds. The first-order valence-corrected chi connectivity index (χ1v) is 6.63. The fraction of sp³-hybridized carbons (Fsp3) is 0.294. The van der Waals surface area contributed by atoms with Gasteiger partial charge in [0.25, 0.3) is 0 Å². The maximum atomic E-state index is 5.98. The van der Waals surface area contributed by atoms with E-state index in [4.69, 9.17) is 9.47 Å². The van der Waals surface area contributed by atoms with Gasteiger partial charge in [-0.15, -0.1) is 0 Å². The predicted octanol–water partition coefficient (Wildman–Crippen LogP) is 3.67. The van der Waals surface area contributed by atoms with Gasteiger partial charge in [-0.25, -0.2) is 0 Å². The van der Waals surface area contributed by atoms with Crippen molar-refractivity contribution in [2.24, 2.45) is 0 Å². The lowest BCUT2D eigenvalue weighted by molar-refractivity contribution is 0.0696. The van der Waals surface area contributed by atoms with Gasteiger partial charge in [-0.1, -0.05) is 30.3 Å². The third-order valence-corrected chi connectivity index (χ3v) is 3.78. The molecule has 0 bridgehead atoms. The van der Waals surface area contributed by atoms with Crippen LogP contribution in [0.1, 0.15) is 28.4 Å². The van der Waals surface area contributed by atoms with Crippen molar-refractivity contribution in [2.45, 2.75) is 19.4 Å². The van der Waals surface area contributed by atoms with Crippen LogP contribution in [-0.4, -0.2) is 13.7 Å². The second-order valence-corrected chi connectivity index (χ2v) is 4.92. The minimum absolute atomic E-state index is 0.0505. The molecular formula is C17H18O2. The minimum Gasteiger partial charge on any atom is -0.497 e. The zero-order valence-electron chi connectivity index (χ0n) is 11.3. The fourth-order valence-corrected chi connectivity index (χ4v) is 2.74. The zero-order chi connectivity index (χ0) is 13.2. The highest BCUT2D eigenvalue weighted by Crippen LogP contribution is 2.34. The largest absolute Gasteiger partial charge is 0.497 e. The molecule has 0 aliphatic carbocycles. The van der Waals surface area contributed by atoms with E-state index in [1.807, 2.05) is 12.1 Å². The summed E-state index contributed by atoms with van der Waals surface area (Å²) in [6, 6.07) is 14.6. The molecule has 2 heteroatoms. The summed E-state index contributed by atoms with van der Waals surface area (Å²) in [4.78, 5) is 0. The van der Waals surface area contributed by atoms with Crippen molar-refractivity contribution in [3.05, 3.63) is 64.7 Å². The Morgan fingerprint density at radius 1 is 1.11 bits per heavy atom. The monoisotopic (exact) mass is 254 g/mol. The van der Waals surface area contributed by atoms with Gasteiger partial charge in [0, 0.05) is 0 Å². The Bertz CT molecular complexity index is 572. The Morgan fingerprint density at radius 3 is 2.63 bits per heavy atom. The van der Waals surface area contributed by atoms with Gasteiger partial charge >= 0.3 is 0 Å². The van der Waals surface area contributed by atoms with E-state index in [1.54, 1.807) is 7.11 Å². The smallest absolute Gasteiger partial charge is 0.118 e.